The molecular weight excluding hydrogens is 260 g/mol. The van der Waals surface area contributed by atoms with Crippen LogP contribution in [0, 0.1) is 12.8 Å². The van der Waals surface area contributed by atoms with E-state index in [0.29, 0.717) is 11.9 Å². The Balaban J connectivity index is 2.04. The molecule has 2 heterocycles. The molecule has 3 rings (SSSR count). The highest BCUT2D eigenvalue weighted by molar-refractivity contribution is 5.66. The second kappa shape index (κ2) is 5.72. The van der Waals surface area contributed by atoms with Gasteiger partial charge >= 0.3 is 0 Å². The average molecular weight is 282 g/mol. The van der Waals surface area contributed by atoms with Crippen molar-refractivity contribution in [2.75, 3.05) is 23.3 Å². The number of fused-ring (bicyclic) bond motifs is 1. The quantitative estimate of drug-likeness (QED) is 0.934. The Hall–Kier alpha value is -2.10. The van der Waals surface area contributed by atoms with Crippen molar-refractivity contribution in [3.05, 3.63) is 41.6 Å². The summed E-state index contributed by atoms with van der Waals surface area (Å²) in [4.78, 5) is 11.4. The number of hydrogen-bond donors (Lipinski definition) is 1. The Kier molecular flexibility index (Phi) is 3.78. The zero-order chi connectivity index (χ0) is 14.8. The predicted octanol–water partition coefficient (Wildman–Crippen LogP) is 3.55. The minimum Gasteiger partial charge on any atom is -0.354 e. The third-order valence-corrected chi connectivity index (χ3v) is 3.80. The summed E-state index contributed by atoms with van der Waals surface area (Å²) in [6.45, 7) is 8.20. The first kappa shape index (κ1) is 13.9. The summed E-state index contributed by atoms with van der Waals surface area (Å²) < 4.78 is 0. The molecule has 4 nitrogen and oxygen atoms in total. The monoisotopic (exact) mass is 282 g/mol. The minimum atomic E-state index is 0.623. The first-order valence-corrected chi connectivity index (χ1v) is 7.62. The topological polar surface area (TPSA) is 41.1 Å². The molecule has 0 amide bonds. The van der Waals surface area contributed by atoms with Crippen molar-refractivity contribution in [1.82, 2.24) is 9.97 Å². The minimum absolute atomic E-state index is 0.623. The highest BCUT2D eigenvalue weighted by atomic mass is 15.2. The smallest absolute Gasteiger partial charge is 0.224 e. The van der Waals surface area contributed by atoms with Crippen LogP contribution >= 0.6 is 0 Å². The van der Waals surface area contributed by atoms with Gasteiger partial charge in [-0.25, -0.2) is 4.98 Å². The standard InChI is InChI=1S/C17H22N4/c1-4-18-17-19-13(3)10-16(20-17)21-11-12(2)9-14-7-5-6-8-15(14)21/h5-8,10,12H,4,9,11H2,1-3H3,(H,18,19,20). The van der Waals surface area contributed by atoms with E-state index < -0.39 is 0 Å². The number of nitrogens with one attached hydrogen (secondary N) is 1. The van der Waals surface area contributed by atoms with Gasteiger partial charge in [-0.3, -0.25) is 0 Å². The van der Waals surface area contributed by atoms with E-state index in [2.05, 4.69) is 64.4 Å². The van der Waals surface area contributed by atoms with Gasteiger partial charge in [0.2, 0.25) is 5.95 Å². The first-order chi connectivity index (χ1) is 10.2. The van der Waals surface area contributed by atoms with Crippen LogP contribution in [0.3, 0.4) is 0 Å². The van der Waals surface area contributed by atoms with Crippen LogP contribution in [0.2, 0.25) is 0 Å². The fourth-order valence-electron chi connectivity index (χ4n) is 2.94. The van der Waals surface area contributed by atoms with E-state index in [9.17, 15) is 0 Å². The van der Waals surface area contributed by atoms with Gasteiger partial charge in [-0.1, -0.05) is 25.1 Å². The van der Waals surface area contributed by atoms with Crippen molar-refractivity contribution in [3.63, 3.8) is 0 Å². The van der Waals surface area contributed by atoms with Crippen LogP contribution in [0.25, 0.3) is 0 Å². The van der Waals surface area contributed by atoms with Gasteiger partial charge < -0.3 is 10.2 Å². The van der Waals surface area contributed by atoms with E-state index >= 15 is 0 Å². The Labute approximate surface area is 126 Å². The number of benzene rings is 1. The van der Waals surface area contributed by atoms with Crippen molar-refractivity contribution in [2.45, 2.75) is 27.2 Å². The number of nitrogens with zero attached hydrogens (tertiary/aromatic N) is 3. The Morgan fingerprint density at radius 1 is 1.29 bits per heavy atom. The molecule has 1 aromatic carbocycles. The molecule has 2 aromatic rings. The third-order valence-electron chi connectivity index (χ3n) is 3.80. The lowest BCUT2D eigenvalue weighted by molar-refractivity contribution is 0.560. The van der Waals surface area contributed by atoms with Crippen molar-refractivity contribution < 1.29 is 0 Å². The number of rotatable bonds is 3. The zero-order valence-corrected chi connectivity index (χ0v) is 12.9. The second-order valence-corrected chi connectivity index (χ2v) is 5.77. The number of aryl methyl sites for hydroxylation is 1. The molecule has 1 aliphatic rings. The van der Waals surface area contributed by atoms with Gasteiger partial charge in [0.1, 0.15) is 5.82 Å². The lowest BCUT2D eigenvalue weighted by atomic mass is 9.94. The lowest BCUT2D eigenvalue weighted by Gasteiger charge is -2.34. The molecular formula is C17H22N4. The van der Waals surface area contributed by atoms with Gasteiger partial charge in [-0.15, -0.1) is 0 Å². The second-order valence-electron chi connectivity index (χ2n) is 5.77. The van der Waals surface area contributed by atoms with Crippen LogP contribution in [0.5, 0.6) is 0 Å². The summed E-state index contributed by atoms with van der Waals surface area (Å²) in [5.74, 6) is 2.32. The summed E-state index contributed by atoms with van der Waals surface area (Å²) in [6, 6.07) is 10.7. The summed E-state index contributed by atoms with van der Waals surface area (Å²) in [7, 11) is 0. The van der Waals surface area contributed by atoms with Gasteiger partial charge in [0, 0.05) is 30.5 Å². The molecule has 0 radical (unpaired) electrons. The molecule has 21 heavy (non-hydrogen) atoms. The molecule has 0 bridgehead atoms. The summed E-state index contributed by atoms with van der Waals surface area (Å²) >= 11 is 0. The molecule has 1 aromatic heterocycles. The van der Waals surface area contributed by atoms with Gasteiger partial charge in [-0.05, 0) is 37.8 Å². The molecule has 1 N–H and O–H groups in total. The number of para-hydroxylation sites is 1. The van der Waals surface area contributed by atoms with Crippen LogP contribution in [0.15, 0.2) is 30.3 Å². The van der Waals surface area contributed by atoms with Gasteiger partial charge in [0.25, 0.3) is 0 Å². The Bertz CT molecular complexity index is 638. The SMILES string of the molecule is CCNc1nc(C)cc(N2CC(C)Cc3ccccc32)n1. The fraction of sp³-hybridized carbons (Fsp3) is 0.412. The third kappa shape index (κ3) is 2.84. The maximum absolute atomic E-state index is 4.68. The largest absolute Gasteiger partial charge is 0.354 e. The van der Waals surface area contributed by atoms with Gasteiger partial charge in [0.15, 0.2) is 0 Å². The molecule has 0 saturated carbocycles. The maximum atomic E-state index is 4.68. The van der Waals surface area contributed by atoms with Crippen LogP contribution < -0.4 is 10.2 Å². The molecule has 110 valence electrons. The highest BCUT2D eigenvalue weighted by Crippen LogP contribution is 2.34. The van der Waals surface area contributed by atoms with E-state index in [4.69, 9.17) is 0 Å². The fourth-order valence-corrected chi connectivity index (χ4v) is 2.94. The van der Waals surface area contributed by atoms with E-state index in [0.717, 1.165) is 31.0 Å². The van der Waals surface area contributed by atoms with Gasteiger partial charge in [0.05, 0.1) is 0 Å². The van der Waals surface area contributed by atoms with Crippen LogP contribution in [0.1, 0.15) is 25.1 Å². The number of aromatic nitrogens is 2. The molecule has 0 aliphatic carbocycles. The maximum Gasteiger partial charge on any atom is 0.224 e. The van der Waals surface area contributed by atoms with Crippen LogP contribution in [0.4, 0.5) is 17.5 Å². The van der Waals surface area contributed by atoms with Crippen LogP contribution in [-0.2, 0) is 6.42 Å². The summed E-state index contributed by atoms with van der Waals surface area (Å²) in [6.07, 6.45) is 1.14. The summed E-state index contributed by atoms with van der Waals surface area (Å²) in [5.41, 5.74) is 3.67. The first-order valence-electron chi connectivity index (χ1n) is 7.62. The van der Waals surface area contributed by atoms with Crippen molar-refractivity contribution in [1.29, 1.82) is 0 Å². The number of hydrogen-bond acceptors (Lipinski definition) is 4. The normalized spacial score (nSPS) is 17.5. The Morgan fingerprint density at radius 2 is 2.10 bits per heavy atom. The number of anilines is 3. The van der Waals surface area contributed by atoms with Crippen molar-refractivity contribution >= 4 is 17.5 Å². The van der Waals surface area contributed by atoms with E-state index in [1.165, 1.54) is 11.3 Å². The summed E-state index contributed by atoms with van der Waals surface area (Å²) in [5, 5.41) is 3.21. The molecule has 1 aliphatic heterocycles. The zero-order valence-electron chi connectivity index (χ0n) is 12.9. The molecule has 1 atom stereocenters. The van der Waals surface area contributed by atoms with E-state index in [1.54, 1.807) is 0 Å². The van der Waals surface area contributed by atoms with Crippen molar-refractivity contribution in [3.8, 4) is 0 Å². The van der Waals surface area contributed by atoms with Gasteiger partial charge in [-0.2, -0.15) is 4.98 Å². The van der Waals surface area contributed by atoms with Crippen LogP contribution in [-0.4, -0.2) is 23.1 Å². The van der Waals surface area contributed by atoms with Crippen molar-refractivity contribution in [2.24, 2.45) is 5.92 Å². The molecule has 4 heteroatoms. The molecule has 0 spiro atoms. The average Bonchev–Trinajstić information content (AvgIpc) is 2.46. The molecule has 0 saturated heterocycles. The molecule has 0 fully saturated rings. The predicted molar refractivity (Wildman–Crippen MR) is 87.2 cm³/mol. The van der Waals surface area contributed by atoms with E-state index in [-0.39, 0.29) is 0 Å². The lowest BCUT2D eigenvalue weighted by Crippen LogP contribution is -2.31. The molecule has 1 unspecified atom stereocenters. The highest BCUT2D eigenvalue weighted by Gasteiger charge is 2.23. The van der Waals surface area contributed by atoms with E-state index in [1.807, 2.05) is 6.92 Å². The Morgan fingerprint density at radius 3 is 2.90 bits per heavy atom.